The Balaban J connectivity index is 1.76. The van der Waals surface area contributed by atoms with Crippen molar-refractivity contribution in [2.45, 2.75) is 59.4 Å². The molecule has 1 aliphatic heterocycles. The van der Waals surface area contributed by atoms with Gasteiger partial charge >= 0.3 is 0 Å². The molecule has 3 unspecified atom stereocenters. The van der Waals surface area contributed by atoms with E-state index >= 15 is 0 Å². The largest absolute Gasteiger partial charge is 0.351 e. The molecule has 1 heterocycles. The van der Waals surface area contributed by atoms with Crippen LogP contribution in [0.4, 0.5) is 0 Å². The summed E-state index contributed by atoms with van der Waals surface area (Å²) in [5, 5.41) is 5.71. The molecular formula is C23H37N3O2. The number of carbonyl (C=O) groups excluding carboxylic acids is 2. The first-order valence-electron chi connectivity index (χ1n) is 10.4. The van der Waals surface area contributed by atoms with E-state index in [9.17, 15) is 9.59 Å². The minimum absolute atomic E-state index is 0.00298. The highest BCUT2D eigenvalue weighted by atomic mass is 16.2. The van der Waals surface area contributed by atoms with E-state index in [1.165, 1.54) is 12.0 Å². The van der Waals surface area contributed by atoms with Gasteiger partial charge in [0.25, 0.3) is 5.91 Å². The summed E-state index contributed by atoms with van der Waals surface area (Å²) in [6, 6.07) is 7.63. The van der Waals surface area contributed by atoms with Crippen LogP contribution < -0.4 is 10.6 Å². The lowest BCUT2D eigenvalue weighted by molar-refractivity contribution is -0.120. The fourth-order valence-electron chi connectivity index (χ4n) is 4.08. The maximum atomic E-state index is 12.3. The lowest BCUT2D eigenvalue weighted by Gasteiger charge is -2.36. The fourth-order valence-corrected chi connectivity index (χ4v) is 4.08. The molecule has 1 fully saturated rings. The van der Waals surface area contributed by atoms with Crippen LogP contribution in [0.25, 0.3) is 0 Å². The predicted octanol–water partition coefficient (Wildman–Crippen LogP) is 3.20. The standard InChI is InChI=1S/C23H37N3O2/c1-16-11-17(2)14-26(13-16)15-18(3)25-21(27)12-24-22(28)19-7-9-20(10-8-19)23(4,5)6/h7-10,16-18H,11-15H2,1-6H3,(H,24,28)(H,25,27). The van der Waals surface area contributed by atoms with Crippen molar-refractivity contribution in [3.05, 3.63) is 35.4 Å². The van der Waals surface area contributed by atoms with Gasteiger partial charge in [0.05, 0.1) is 6.54 Å². The van der Waals surface area contributed by atoms with Crippen LogP contribution in [0, 0.1) is 11.8 Å². The lowest BCUT2D eigenvalue weighted by Crippen LogP contribution is -2.48. The van der Waals surface area contributed by atoms with Crippen LogP contribution in [0.1, 0.15) is 63.9 Å². The quantitative estimate of drug-likeness (QED) is 0.788. The number of amides is 2. The molecule has 28 heavy (non-hydrogen) atoms. The number of benzene rings is 1. The molecular weight excluding hydrogens is 350 g/mol. The van der Waals surface area contributed by atoms with Crippen LogP contribution in [0.3, 0.4) is 0 Å². The highest BCUT2D eigenvalue weighted by Gasteiger charge is 2.23. The Kier molecular flexibility index (Phi) is 7.64. The van der Waals surface area contributed by atoms with Crippen LogP contribution in [0.15, 0.2) is 24.3 Å². The third-order valence-electron chi connectivity index (χ3n) is 5.31. The highest BCUT2D eigenvalue weighted by Crippen LogP contribution is 2.22. The van der Waals surface area contributed by atoms with E-state index in [1.807, 2.05) is 31.2 Å². The molecule has 0 spiro atoms. The van der Waals surface area contributed by atoms with E-state index in [2.05, 4.69) is 50.2 Å². The molecule has 0 radical (unpaired) electrons. The van der Waals surface area contributed by atoms with Crippen molar-refractivity contribution >= 4 is 11.8 Å². The number of hydrogen-bond donors (Lipinski definition) is 2. The van der Waals surface area contributed by atoms with Crippen LogP contribution in [0.5, 0.6) is 0 Å². The Morgan fingerprint density at radius 2 is 1.68 bits per heavy atom. The van der Waals surface area contributed by atoms with Gasteiger partial charge in [-0.2, -0.15) is 0 Å². The number of carbonyl (C=O) groups is 2. The molecule has 1 aliphatic rings. The van der Waals surface area contributed by atoms with Crippen LogP contribution in [0.2, 0.25) is 0 Å². The van der Waals surface area contributed by atoms with Crippen molar-refractivity contribution in [3.63, 3.8) is 0 Å². The van der Waals surface area contributed by atoms with Gasteiger partial charge in [-0.25, -0.2) is 0 Å². The first-order chi connectivity index (χ1) is 13.0. The topological polar surface area (TPSA) is 61.4 Å². The number of rotatable bonds is 6. The van der Waals surface area contributed by atoms with Crippen LogP contribution in [-0.2, 0) is 10.2 Å². The maximum Gasteiger partial charge on any atom is 0.251 e. The van der Waals surface area contributed by atoms with Gasteiger partial charge in [0.1, 0.15) is 0 Å². The van der Waals surface area contributed by atoms with Crippen molar-refractivity contribution in [3.8, 4) is 0 Å². The molecule has 0 aliphatic carbocycles. The molecule has 2 amide bonds. The van der Waals surface area contributed by atoms with Gasteiger partial charge in [0, 0.05) is 31.2 Å². The van der Waals surface area contributed by atoms with Crippen LogP contribution in [-0.4, -0.2) is 48.9 Å². The Bertz CT molecular complexity index is 653. The van der Waals surface area contributed by atoms with Crippen molar-refractivity contribution in [1.29, 1.82) is 0 Å². The number of likely N-dealkylation sites (tertiary alicyclic amines) is 1. The first kappa shape index (κ1) is 22.4. The van der Waals surface area contributed by atoms with Gasteiger partial charge in [-0.3, -0.25) is 9.59 Å². The van der Waals surface area contributed by atoms with E-state index in [1.54, 1.807) is 0 Å². The molecule has 5 heteroatoms. The predicted molar refractivity (Wildman–Crippen MR) is 114 cm³/mol. The lowest BCUT2D eigenvalue weighted by atomic mass is 9.87. The summed E-state index contributed by atoms with van der Waals surface area (Å²) in [6.07, 6.45) is 1.28. The van der Waals surface area contributed by atoms with Crippen LogP contribution >= 0.6 is 0 Å². The summed E-state index contributed by atoms with van der Waals surface area (Å²) in [4.78, 5) is 26.9. The number of hydrogen-bond acceptors (Lipinski definition) is 3. The average Bonchev–Trinajstić information content (AvgIpc) is 2.58. The molecule has 1 aromatic carbocycles. The summed E-state index contributed by atoms with van der Waals surface area (Å²) in [5.74, 6) is 1.04. The van der Waals surface area contributed by atoms with Crippen molar-refractivity contribution < 1.29 is 9.59 Å². The molecule has 156 valence electrons. The molecule has 0 bridgehead atoms. The average molecular weight is 388 g/mol. The monoisotopic (exact) mass is 387 g/mol. The van der Waals surface area contributed by atoms with Crippen molar-refractivity contribution in [2.24, 2.45) is 11.8 Å². The second-order valence-electron chi connectivity index (χ2n) is 9.64. The Labute approximate surface area is 170 Å². The Hall–Kier alpha value is -1.88. The molecule has 0 saturated carbocycles. The van der Waals surface area contributed by atoms with Gasteiger partial charge in [0.2, 0.25) is 5.91 Å². The number of nitrogens with zero attached hydrogens (tertiary/aromatic N) is 1. The highest BCUT2D eigenvalue weighted by molar-refractivity contribution is 5.96. The van der Waals surface area contributed by atoms with Gasteiger partial charge in [-0.15, -0.1) is 0 Å². The van der Waals surface area contributed by atoms with E-state index in [4.69, 9.17) is 0 Å². The maximum absolute atomic E-state index is 12.3. The van der Waals surface area contributed by atoms with Gasteiger partial charge in [-0.05, 0) is 48.3 Å². The number of piperidine rings is 1. The zero-order valence-corrected chi connectivity index (χ0v) is 18.3. The zero-order chi connectivity index (χ0) is 20.9. The minimum Gasteiger partial charge on any atom is -0.351 e. The summed E-state index contributed by atoms with van der Waals surface area (Å²) < 4.78 is 0. The Morgan fingerprint density at radius 1 is 1.11 bits per heavy atom. The van der Waals surface area contributed by atoms with E-state index in [0.717, 1.165) is 19.6 Å². The third-order valence-corrected chi connectivity index (χ3v) is 5.31. The zero-order valence-electron chi connectivity index (χ0n) is 18.3. The van der Waals surface area contributed by atoms with Gasteiger partial charge < -0.3 is 15.5 Å². The minimum atomic E-state index is -0.220. The molecule has 2 N–H and O–H groups in total. The molecule has 1 aromatic rings. The second-order valence-corrected chi connectivity index (χ2v) is 9.64. The van der Waals surface area contributed by atoms with E-state index in [-0.39, 0.29) is 29.8 Å². The summed E-state index contributed by atoms with van der Waals surface area (Å²) in [5.41, 5.74) is 1.80. The third kappa shape index (κ3) is 6.93. The molecule has 1 saturated heterocycles. The molecule has 5 nitrogen and oxygen atoms in total. The normalized spacial score (nSPS) is 21.8. The molecule has 0 aromatic heterocycles. The van der Waals surface area contributed by atoms with Crippen molar-refractivity contribution in [2.75, 3.05) is 26.2 Å². The second kappa shape index (κ2) is 9.55. The molecule has 3 atom stereocenters. The summed E-state index contributed by atoms with van der Waals surface area (Å²) >= 11 is 0. The number of nitrogens with one attached hydrogen (secondary N) is 2. The Morgan fingerprint density at radius 3 is 2.21 bits per heavy atom. The van der Waals surface area contributed by atoms with Gasteiger partial charge in [-0.1, -0.05) is 46.8 Å². The fraction of sp³-hybridized carbons (Fsp3) is 0.652. The summed E-state index contributed by atoms with van der Waals surface area (Å²) in [7, 11) is 0. The van der Waals surface area contributed by atoms with E-state index < -0.39 is 0 Å². The van der Waals surface area contributed by atoms with Gasteiger partial charge in [0.15, 0.2) is 0 Å². The summed E-state index contributed by atoms with van der Waals surface area (Å²) in [6.45, 7) is 16.0. The van der Waals surface area contributed by atoms with E-state index in [0.29, 0.717) is 17.4 Å². The SMILES string of the molecule is CC1CC(C)CN(CC(C)NC(=O)CNC(=O)c2ccc(C(C)(C)C)cc2)C1. The smallest absolute Gasteiger partial charge is 0.251 e. The van der Waals surface area contributed by atoms with Crippen molar-refractivity contribution in [1.82, 2.24) is 15.5 Å². The first-order valence-corrected chi connectivity index (χ1v) is 10.4. The molecule has 2 rings (SSSR count).